The van der Waals surface area contributed by atoms with Crippen molar-refractivity contribution < 1.29 is 4.74 Å². The van der Waals surface area contributed by atoms with Crippen molar-refractivity contribution in [3.8, 4) is 0 Å². The molecular weight excluding hydrogens is 245 g/mol. The monoisotopic (exact) mass is 259 g/mol. The molecular formula is C12H15Cl2NO. The average molecular weight is 260 g/mol. The van der Waals surface area contributed by atoms with Gasteiger partial charge in [0.05, 0.1) is 16.0 Å². The van der Waals surface area contributed by atoms with Gasteiger partial charge in [0.15, 0.2) is 0 Å². The van der Waals surface area contributed by atoms with E-state index in [4.69, 9.17) is 27.9 Å². The van der Waals surface area contributed by atoms with E-state index in [1.165, 1.54) is 0 Å². The number of halogens is 2. The van der Waals surface area contributed by atoms with Crippen LogP contribution in [0.1, 0.15) is 25.3 Å². The Balaban J connectivity index is 2.07. The minimum atomic E-state index is -0.214. The predicted molar refractivity (Wildman–Crippen MR) is 66.2 cm³/mol. The molecule has 0 bridgehead atoms. The molecule has 88 valence electrons. The fraction of sp³-hybridized carbons (Fsp3) is 0.583. The topological polar surface area (TPSA) is 22.1 Å². The zero-order valence-electron chi connectivity index (χ0n) is 9.25. The Morgan fingerprint density at radius 2 is 2.44 bits per heavy atom. The summed E-state index contributed by atoms with van der Waals surface area (Å²) >= 11 is 12.5. The van der Waals surface area contributed by atoms with Crippen LogP contribution in [0.3, 0.4) is 0 Å². The summed E-state index contributed by atoms with van der Waals surface area (Å²) in [4.78, 5) is 3.96. The van der Waals surface area contributed by atoms with E-state index in [-0.39, 0.29) is 11.0 Å². The van der Waals surface area contributed by atoms with Gasteiger partial charge in [-0.05, 0) is 37.8 Å². The van der Waals surface area contributed by atoms with E-state index in [1.807, 2.05) is 6.07 Å². The summed E-state index contributed by atoms with van der Waals surface area (Å²) in [6.45, 7) is 2.89. The van der Waals surface area contributed by atoms with Crippen LogP contribution in [0.5, 0.6) is 0 Å². The summed E-state index contributed by atoms with van der Waals surface area (Å²) in [7, 11) is 0. The molecule has 2 atom stereocenters. The van der Waals surface area contributed by atoms with Crippen molar-refractivity contribution >= 4 is 23.2 Å². The van der Waals surface area contributed by atoms with Gasteiger partial charge in [0.25, 0.3) is 0 Å². The van der Waals surface area contributed by atoms with Crippen molar-refractivity contribution in [3.63, 3.8) is 0 Å². The molecule has 2 unspecified atom stereocenters. The highest BCUT2D eigenvalue weighted by Crippen LogP contribution is 2.34. The lowest BCUT2D eigenvalue weighted by Gasteiger charge is -2.29. The zero-order valence-corrected chi connectivity index (χ0v) is 10.8. The molecule has 1 aromatic heterocycles. The van der Waals surface area contributed by atoms with E-state index in [0.717, 1.165) is 31.4 Å². The van der Waals surface area contributed by atoms with Crippen LogP contribution in [0.4, 0.5) is 0 Å². The van der Waals surface area contributed by atoms with Crippen molar-refractivity contribution in [1.82, 2.24) is 4.98 Å². The number of hydrogen-bond acceptors (Lipinski definition) is 2. The molecule has 1 saturated heterocycles. The van der Waals surface area contributed by atoms with Crippen LogP contribution in [0, 0.1) is 0 Å². The van der Waals surface area contributed by atoms with Crippen LogP contribution >= 0.6 is 23.2 Å². The van der Waals surface area contributed by atoms with Gasteiger partial charge in [-0.1, -0.05) is 11.6 Å². The highest BCUT2D eigenvalue weighted by Gasteiger charge is 2.37. The van der Waals surface area contributed by atoms with Crippen LogP contribution in [0.2, 0.25) is 5.02 Å². The second-order valence-electron chi connectivity index (χ2n) is 4.40. The molecule has 1 aromatic rings. The molecule has 2 heterocycles. The molecule has 16 heavy (non-hydrogen) atoms. The summed E-state index contributed by atoms with van der Waals surface area (Å²) in [5, 5.41) is 0.629. The second kappa shape index (κ2) is 4.91. The molecule has 0 aliphatic carbocycles. The Morgan fingerprint density at radius 3 is 3.06 bits per heavy atom. The Kier molecular flexibility index (Phi) is 3.73. The molecule has 0 amide bonds. The molecule has 0 aromatic carbocycles. The molecule has 0 saturated carbocycles. The first-order valence-corrected chi connectivity index (χ1v) is 6.30. The standard InChI is InChI=1S/C12H15Cl2NO/c1-12(4-2-6-16-12)11(14)7-9-3-5-15-8-10(9)13/h3,5,8,11H,2,4,6-7H2,1H3. The summed E-state index contributed by atoms with van der Waals surface area (Å²) in [5.41, 5.74) is 0.821. The van der Waals surface area contributed by atoms with Gasteiger partial charge in [0, 0.05) is 19.0 Å². The van der Waals surface area contributed by atoms with E-state index in [1.54, 1.807) is 12.4 Å². The van der Waals surface area contributed by atoms with Crippen molar-refractivity contribution in [2.75, 3.05) is 6.61 Å². The fourth-order valence-corrected chi connectivity index (χ4v) is 2.56. The number of ether oxygens (including phenoxy) is 1. The normalized spacial score (nSPS) is 26.9. The first-order valence-electron chi connectivity index (χ1n) is 5.48. The third-order valence-electron chi connectivity index (χ3n) is 3.17. The van der Waals surface area contributed by atoms with Gasteiger partial charge in [-0.15, -0.1) is 11.6 Å². The third-order valence-corrected chi connectivity index (χ3v) is 4.12. The van der Waals surface area contributed by atoms with Crippen LogP contribution in [-0.4, -0.2) is 22.6 Å². The summed E-state index contributed by atoms with van der Waals surface area (Å²) in [5.74, 6) is 0. The average Bonchev–Trinajstić information content (AvgIpc) is 2.70. The number of rotatable bonds is 3. The van der Waals surface area contributed by atoms with E-state index in [9.17, 15) is 0 Å². The molecule has 4 heteroatoms. The maximum atomic E-state index is 6.43. The molecule has 1 aliphatic rings. The maximum Gasteiger partial charge on any atom is 0.0821 e. The van der Waals surface area contributed by atoms with Crippen molar-refractivity contribution in [2.24, 2.45) is 0 Å². The van der Waals surface area contributed by atoms with E-state index < -0.39 is 0 Å². The SMILES string of the molecule is CC1(C(Cl)Cc2ccncc2Cl)CCCO1. The van der Waals surface area contributed by atoms with Crippen molar-refractivity contribution in [3.05, 3.63) is 29.0 Å². The predicted octanol–water partition coefficient (Wildman–Crippen LogP) is 3.45. The maximum absolute atomic E-state index is 6.43. The highest BCUT2D eigenvalue weighted by molar-refractivity contribution is 6.31. The minimum absolute atomic E-state index is 0.0464. The van der Waals surface area contributed by atoms with E-state index >= 15 is 0 Å². The van der Waals surface area contributed by atoms with Crippen molar-refractivity contribution in [2.45, 2.75) is 37.2 Å². The quantitative estimate of drug-likeness (QED) is 0.776. The van der Waals surface area contributed by atoms with Gasteiger partial charge in [-0.2, -0.15) is 0 Å². The number of pyridine rings is 1. The summed E-state index contributed by atoms with van der Waals surface area (Å²) in [6.07, 6.45) is 6.22. The molecule has 0 N–H and O–H groups in total. The third kappa shape index (κ3) is 2.50. The van der Waals surface area contributed by atoms with Gasteiger partial charge in [-0.25, -0.2) is 0 Å². The highest BCUT2D eigenvalue weighted by atomic mass is 35.5. The number of nitrogens with zero attached hydrogens (tertiary/aromatic N) is 1. The molecule has 1 fully saturated rings. The molecule has 2 nitrogen and oxygen atoms in total. The largest absolute Gasteiger partial charge is 0.374 e. The van der Waals surface area contributed by atoms with Crippen LogP contribution in [-0.2, 0) is 11.2 Å². The van der Waals surface area contributed by atoms with Gasteiger partial charge in [0.2, 0.25) is 0 Å². The second-order valence-corrected chi connectivity index (χ2v) is 5.34. The smallest absolute Gasteiger partial charge is 0.0821 e. The molecule has 0 radical (unpaired) electrons. The first kappa shape index (κ1) is 12.2. The van der Waals surface area contributed by atoms with Gasteiger partial charge in [-0.3, -0.25) is 4.98 Å². The Bertz CT molecular complexity index is 364. The Hall–Kier alpha value is -0.310. The van der Waals surface area contributed by atoms with Crippen LogP contribution in [0.15, 0.2) is 18.5 Å². The lowest BCUT2D eigenvalue weighted by molar-refractivity contribution is 0.0169. The lowest BCUT2D eigenvalue weighted by atomic mass is 9.94. The Labute approximate surface area is 106 Å². The van der Waals surface area contributed by atoms with E-state index in [0.29, 0.717) is 5.02 Å². The molecule has 1 aliphatic heterocycles. The van der Waals surface area contributed by atoms with Gasteiger partial charge >= 0.3 is 0 Å². The van der Waals surface area contributed by atoms with Gasteiger partial charge in [0.1, 0.15) is 0 Å². The summed E-state index contributed by atoms with van der Waals surface area (Å²) in [6, 6.07) is 1.91. The number of aromatic nitrogens is 1. The number of alkyl halides is 1. The van der Waals surface area contributed by atoms with Crippen LogP contribution in [0.25, 0.3) is 0 Å². The van der Waals surface area contributed by atoms with E-state index in [2.05, 4.69) is 11.9 Å². The summed E-state index contributed by atoms with van der Waals surface area (Å²) < 4.78 is 5.72. The van der Waals surface area contributed by atoms with Crippen LogP contribution < -0.4 is 0 Å². The van der Waals surface area contributed by atoms with Gasteiger partial charge < -0.3 is 4.74 Å². The van der Waals surface area contributed by atoms with Crippen molar-refractivity contribution in [1.29, 1.82) is 0 Å². The zero-order chi connectivity index (χ0) is 11.6. The Morgan fingerprint density at radius 1 is 1.62 bits per heavy atom. The fourth-order valence-electron chi connectivity index (χ4n) is 2.03. The molecule has 2 rings (SSSR count). The lowest BCUT2D eigenvalue weighted by Crippen LogP contribution is -2.36. The number of hydrogen-bond donors (Lipinski definition) is 0. The first-order chi connectivity index (χ1) is 7.62. The molecule has 0 spiro atoms. The minimum Gasteiger partial charge on any atom is -0.374 e.